The highest BCUT2D eigenvalue weighted by molar-refractivity contribution is 5.87. The van der Waals surface area contributed by atoms with Gasteiger partial charge >= 0.3 is 0 Å². The molecule has 0 spiro atoms. The number of anilines is 2. The van der Waals surface area contributed by atoms with Gasteiger partial charge in [0.25, 0.3) is 0 Å². The van der Waals surface area contributed by atoms with Crippen molar-refractivity contribution >= 4 is 22.8 Å². The first-order chi connectivity index (χ1) is 16.1. The van der Waals surface area contributed by atoms with E-state index in [0.29, 0.717) is 12.5 Å². The topological polar surface area (TPSA) is 84.5 Å². The molecule has 1 fully saturated rings. The predicted octanol–water partition coefficient (Wildman–Crippen LogP) is 3.42. The van der Waals surface area contributed by atoms with E-state index in [1.807, 2.05) is 12.3 Å². The van der Waals surface area contributed by atoms with Crippen LogP contribution in [0.4, 0.5) is 11.8 Å². The third kappa shape index (κ3) is 5.75. The van der Waals surface area contributed by atoms with Crippen molar-refractivity contribution in [2.45, 2.75) is 39.3 Å². The first-order valence-electron chi connectivity index (χ1n) is 12.0. The fourth-order valence-corrected chi connectivity index (χ4v) is 4.43. The van der Waals surface area contributed by atoms with Crippen molar-refractivity contribution in [3.63, 3.8) is 0 Å². The van der Waals surface area contributed by atoms with E-state index in [1.54, 1.807) is 7.11 Å². The third-order valence-electron chi connectivity index (χ3n) is 6.39. The van der Waals surface area contributed by atoms with E-state index in [4.69, 9.17) is 10.5 Å². The van der Waals surface area contributed by atoms with Crippen LogP contribution in [0.15, 0.2) is 30.5 Å². The largest absolute Gasteiger partial charge is 0.496 e. The van der Waals surface area contributed by atoms with Crippen molar-refractivity contribution in [2.75, 3.05) is 57.9 Å². The van der Waals surface area contributed by atoms with Crippen LogP contribution in [0, 0.1) is 0 Å². The Kier molecular flexibility index (Phi) is 7.67. The quantitative estimate of drug-likeness (QED) is 0.457. The van der Waals surface area contributed by atoms with E-state index in [1.165, 1.54) is 18.4 Å². The lowest BCUT2D eigenvalue weighted by Crippen LogP contribution is -2.43. The molecule has 0 bridgehead atoms. The molecule has 178 valence electrons. The second-order valence-electron chi connectivity index (χ2n) is 8.97. The summed E-state index contributed by atoms with van der Waals surface area (Å²) in [6.07, 6.45) is 5.53. The number of methoxy groups -OCH3 is 1. The molecule has 33 heavy (non-hydrogen) atoms. The van der Waals surface area contributed by atoms with Crippen LogP contribution >= 0.6 is 0 Å². The SMILES string of the molecule is CCCCCNc1nc(N)nc2ccn(Cc3ccc(CN4CCN(C)CC4)cc3OC)c12. The molecule has 0 saturated carbocycles. The number of fused-ring (bicyclic) bond motifs is 1. The first kappa shape index (κ1) is 23.3. The van der Waals surface area contributed by atoms with Gasteiger partial charge in [-0.2, -0.15) is 4.98 Å². The van der Waals surface area contributed by atoms with Crippen LogP contribution in [0.5, 0.6) is 5.75 Å². The standard InChI is InChI=1S/C25H37N7O/c1-4-5-6-10-27-24-23-21(28-25(26)29-24)9-11-32(23)18-20-8-7-19(16-22(20)33-3)17-31-14-12-30(2)13-15-31/h7-9,11,16H,4-6,10,12-15,17-18H2,1-3H3,(H3,26,27,28,29). The number of nitrogens with one attached hydrogen (secondary N) is 1. The number of nitrogens with zero attached hydrogens (tertiary/aromatic N) is 5. The van der Waals surface area contributed by atoms with Crippen molar-refractivity contribution in [3.8, 4) is 5.75 Å². The molecule has 1 aliphatic rings. The van der Waals surface area contributed by atoms with E-state index in [0.717, 1.165) is 73.9 Å². The highest BCUT2D eigenvalue weighted by atomic mass is 16.5. The molecule has 0 radical (unpaired) electrons. The molecule has 8 nitrogen and oxygen atoms in total. The molecule has 0 unspecified atom stereocenters. The molecule has 1 aliphatic heterocycles. The molecule has 8 heteroatoms. The van der Waals surface area contributed by atoms with Crippen LogP contribution in [-0.2, 0) is 13.1 Å². The summed E-state index contributed by atoms with van der Waals surface area (Å²) in [6.45, 7) is 9.16. The van der Waals surface area contributed by atoms with Gasteiger partial charge in [0.2, 0.25) is 5.95 Å². The first-order valence-corrected chi connectivity index (χ1v) is 12.0. The van der Waals surface area contributed by atoms with Gasteiger partial charge in [0.05, 0.1) is 19.2 Å². The zero-order valence-electron chi connectivity index (χ0n) is 20.2. The number of piperazine rings is 1. The minimum absolute atomic E-state index is 0.295. The maximum atomic E-state index is 5.97. The van der Waals surface area contributed by atoms with E-state index in [9.17, 15) is 0 Å². The van der Waals surface area contributed by atoms with Gasteiger partial charge in [0.15, 0.2) is 5.82 Å². The Bertz CT molecular complexity index is 1060. The number of nitrogens with two attached hydrogens (primary N) is 1. The maximum Gasteiger partial charge on any atom is 0.222 e. The second kappa shape index (κ2) is 10.9. The van der Waals surface area contributed by atoms with Gasteiger partial charge in [-0.15, -0.1) is 0 Å². The van der Waals surface area contributed by atoms with Crippen LogP contribution in [0.1, 0.15) is 37.3 Å². The van der Waals surface area contributed by atoms with E-state index in [-0.39, 0.29) is 0 Å². The van der Waals surface area contributed by atoms with Crippen LogP contribution in [0.2, 0.25) is 0 Å². The lowest BCUT2D eigenvalue weighted by atomic mass is 10.1. The average Bonchev–Trinajstić information content (AvgIpc) is 3.21. The normalized spacial score (nSPS) is 15.2. The Morgan fingerprint density at radius 3 is 2.64 bits per heavy atom. The predicted molar refractivity (Wildman–Crippen MR) is 135 cm³/mol. The summed E-state index contributed by atoms with van der Waals surface area (Å²) in [5.74, 6) is 2.01. The third-order valence-corrected chi connectivity index (χ3v) is 6.39. The summed E-state index contributed by atoms with van der Waals surface area (Å²) in [7, 11) is 3.93. The number of likely N-dealkylation sites (N-methyl/N-ethyl adjacent to an activating group) is 1. The minimum atomic E-state index is 0.295. The number of ether oxygens (including phenoxy) is 1. The fourth-order valence-electron chi connectivity index (χ4n) is 4.43. The van der Waals surface area contributed by atoms with Gasteiger partial charge in [0, 0.05) is 51.0 Å². The van der Waals surface area contributed by atoms with Crippen LogP contribution in [-0.4, -0.2) is 71.2 Å². The second-order valence-corrected chi connectivity index (χ2v) is 8.97. The fraction of sp³-hybridized carbons (Fsp3) is 0.520. The summed E-state index contributed by atoms with van der Waals surface area (Å²) in [6, 6.07) is 8.58. The zero-order chi connectivity index (χ0) is 23.2. The van der Waals surface area contributed by atoms with Gasteiger partial charge < -0.3 is 25.3 Å². The lowest BCUT2D eigenvalue weighted by Gasteiger charge is -2.32. The van der Waals surface area contributed by atoms with Crippen LogP contribution in [0.25, 0.3) is 11.0 Å². The number of nitrogen functional groups attached to an aromatic ring is 1. The number of hydrogen-bond donors (Lipinski definition) is 2. The van der Waals surface area contributed by atoms with Crippen LogP contribution < -0.4 is 15.8 Å². The summed E-state index contributed by atoms with van der Waals surface area (Å²) in [4.78, 5) is 13.8. The Hall–Kier alpha value is -2.84. The van der Waals surface area contributed by atoms with Gasteiger partial charge in [-0.05, 0) is 31.2 Å². The maximum absolute atomic E-state index is 5.97. The molecule has 1 aromatic carbocycles. The number of hydrogen-bond acceptors (Lipinski definition) is 7. The summed E-state index contributed by atoms with van der Waals surface area (Å²) < 4.78 is 7.96. The van der Waals surface area contributed by atoms with Crippen molar-refractivity contribution in [2.24, 2.45) is 0 Å². The van der Waals surface area contributed by atoms with Gasteiger partial charge in [-0.1, -0.05) is 31.9 Å². The van der Waals surface area contributed by atoms with Gasteiger partial charge in [-0.25, -0.2) is 4.98 Å². The smallest absolute Gasteiger partial charge is 0.222 e. The summed E-state index contributed by atoms with van der Waals surface area (Å²) >= 11 is 0. The molecule has 3 N–H and O–H groups in total. The summed E-state index contributed by atoms with van der Waals surface area (Å²) in [5, 5.41) is 3.47. The minimum Gasteiger partial charge on any atom is -0.496 e. The Morgan fingerprint density at radius 1 is 1.06 bits per heavy atom. The molecule has 3 heterocycles. The number of benzene rings is 1. The van der Waals surface area contributed by atoms with Gasteiger partial charge in [-0.3, -0.25) is 4.90 Å². The van der Waals surface area contributed by atoms with Crippen LogP contribution in [0.3, 0.4) is 0 Å². The van der Waals surface area contributed by atoms with Crippen molar-refractivity contribution < 1.29 is 4.74 Å². The zero-order valence-corrected chi connectivity index (χ0v) is 20.2. The average molecular weight is 452 g/mol. The molecule has 1 saturated heterocycles. The van der Waals surface area contributed by atoms with E-state index >= 15 is 0 Å². The Labute approximate surface area is 196 Å². The van der Waals surface area contributed by atoms with E-state index in [2.05, 4.69) is 61.8 Å². The highest BCUT2D eigenvalue weighted by Crippen LogP contribution is 2.27. The monoisotopic (exact) mass is 451 g/mol. The van der Waals surface area contributed by atoms with Gasteiger partial charge in [0.1, 0.15) is 11.3 Å². The number of unbranched alkanes of at least 4 members (excludes halogenated alkanes) is 2. The lowest BCUT2D eigenvalue weighted by molar-refractivity contribution is 0.148. The molecule has 2 aromatic heterocycles. The van der Waals surface area contributed by atoms with Crippen molar-refractivity contribution in [3.05, 3.63) is 41.6 Å². The van der Waals surface area contributed by atoms with Crippen molar-refractivity contribution in [1.29, 1.82) is 0 Å². The van der Waals surface area contributed by atoms with Crippen molar-refractivity contribution in [1.82, 2.24) is 24.3 Å². The molecule has 0 amide bonds. The summed E-state index contributed by atoms with van der Waals surface area (Å²) in [5.41, 5.74) is 10.2. The molecule has 0 atom stereocenters. The molecule has 3 aromatic rings. The number of rotatable bonds is 10. The Balaban J connectivity index is 1.53. The highest BCUT2D eigenvalue weighted by Gasteiger charge is 2.16. The molecular weight excluding hydrogens is 414 g/mol. The Morgan fingerprint density at radius 2 is 1.88 bits per heavy atom. The molecular formula is C25H37N7O. The number of aromatic nitrogens is 3. The van der Waals surface area contributed by atoms with E-state index < -0.39 is 0 Å². The molecule has 4 rings (SSSR count). The molecule has 0 aliphatic carbocycles.